The number of primary amides is 1. The van der Waals surface area contributed by atoms with Gasteiger partial charge >= 0.3 is 5.97 Å². The summed E-state index contributed by atoms with van der Waals surface area (Å²) in [5, 5.41) is 0.993. The molecule has 2 N–H and O–H groups in total. The molecule has 2 heterocycles. The molecule has 210 valence electrons. The topological polar surface area (TPSA) is 121 Å². The van der Waals surface area contributed by atoms with E-state index < -0.39 is 11.8 Å². The van der Waals surface area contributed by atoms with E-state index in [0.29, 0.717) is 34.9 Å². The fourth-order valence-electron chi connectivity index (χ4n) is 4.30. The van der Waals surface area contributed by atoms with Crippen molar-refractivity contribution in [3.8, 4) is 5.75 Å². The van der Waals surface area contributed by atoms with Crippen LogP contribution in [0.2, 0.25) is 0 Å². The molecule has 0 saturated heterocycles. The number of alkyl halides is 1. The van der Waals surface area contributed by atoms with E-state index >= 15 is 0 Å². The van der Waals surface area contributed by atoms with Gasteiger partial charge in [-0.2, -0.15) is 0 Å². The number of hydrogen-bond donors (Lipinski definition) is 1. The van der Waals surface area contributed by atoms with Crippen LogP contribution in [0, 0.1) is 0 Å². The molecule has 9 heteroatoms. The van der Waals surface area contributed by atoms with E-state index in [2.05, 4.69) is 61.8 Å². The number of esters is 1. The third-order valence-electron chi connectivity index (χ3n) is 6.63. The molecule has 0 spiro atoms. The molecule has 2 amide bonds. The Bertz CT molecular complexity index is 1580. The first-order valence-corrected chi connectivity index (χ1v) is 14.0. The summed E-state index contributed by atoms with van der Waals surface area (Å²) in [6.45, 7) is 2.56. The number of aromatic nitrogens is 1. The standard InChI is InChI=1S/C17H14BrNO2.C15H16N2O3/c1-11(18)13-7-5-12(6-8-13)10-21-16-4-2-3-14-15(16)9-19-17(14)20;1-20-14(18)9-7-11(15(16)19)13-8-6-10-4-2-3-5-12(10)17-13/h2-9,11H,10H2,1H3;2-6,8,11H,7,9H2,1H3,(H2,16,19). The van der Waals surface area contributed by atoms with E-state index in [4.69, 9.17) is 10.5 Å². The highest BCUT2D eigenvalue weighted by Crippen LogP contribution is 2.27. The Kier molecular flexibility index (Phi) is 9.97. The number of para-hydroxylation sites is 1. The van der Waals surface area contributed by atoms with Crippen LogP contribution in [0.5, 0.6) is 5.75 Å². The molecular formula is C32H30BrN3O5. The van der Waals surface area contributed by atoms with Gasteiger partial charge in [0.1, 0.15) is 12.4 Å². The number of halogens is 1. The minimum Gasteiger partial charge on any atom is -0.488 e. The highest BCUT2D eigenvalue weighted by atomic mass is 79.9. The van der Waals surface area contributed by atoms with E-state index in [1.165, 1.54) is 12.7 Å². The lowest BCUT2D eigenvalue weighted by molar-refractivity contribution is -0.140. The molecule has 1 aliphatic rings. The SMILES string of the molecule is CC(Br)c1ccc(COc2cccc3c2C=NC3=O)cc1.COC(=O)CCC(C(N)=O)c1ccc2ccccc2n1. The molecule has 3 aromatic carbocycles. The van der Waals surface area contributed by atoms with Gasteiger partial charge in [-0.1, -0.05) is 70.5 Å². The summed E-state index contributed by atoms with van der Waals surface area (Å²) in [5.41, 5.74) is 10.5. The van der Waals surface area contributed by atoms with Crippen molar-refractivity contribution < 1.29 is 23.9 Å². The van der Waals surface area contributed by atoms with Gasteiger partial charge in [0, 0.05) is 28.4 Å². The summed E-state index contributed by atoms with van der Waals surface area (Å²) in [6.07, 6.45) is 2.01. The van der Waals surface area contributed by atoms with Crippen LogP contribution in [-0.2, 0) is 20.9 Å². The largest absolute Gasteiger partial charge is 0.488 e. The zero-order chi connectivity index (χ0) is 29.4. The van der Waals surface area contributed by atoms with Gasteiger partial charge in [0.2, 0.25) is 5.91 Å². The summed E-state index contributed by atoms with van der Waals surface area (Å²) in [4.78, 5) is 42.9. The zero-order valence-corrected chi connectivity index (χ0v) is 24.3. The Hall–Kier alpha value is -4.37. The van der Waals surface area contributed by atoms with Crippen molar-refractivity contribution in [1.29, 1.82) is 0 Å². The second kappa shape index (κ2) is 13.8. The van der Waals surface area contributed by atoms with Crippen LogP contribution in [0.4, 0.5) is 0 Å². The Morgan fingerprint density at radius 3 is 2.44 bits per heavy atom. The average Bonchev–Trinajstić information content (AvgIpc) is 3.37. The van der Waals surface area contributed by atoms with Gasteiger partial charge in [-0.15, -0.1) is 0 Å². The predicted molar refractivity (Wildman–Crippen MR) is 161 cm³/mol. The molecule has 2 atom stereocenters. The van der Waals surface area contributed by atoms with Crippen molar-refractivity contribution in [3.63, 3.8) is 0 Å². The van der Waals surface area contributed by atoms with E-state index in [0.717, 1.165) is 22.0 Å². The van der Waals surface area contributed by atoms with Gasteiger partial charge < -0.3 is 15.2 Å². The number of rotatable bonds is 9. The summed E-state index contributed by atoms with van der Waals surface area (Å²) in [5.74, 6) is -0.946. The van der Waals surface area contributed by atoms with E-state index in [1.54, 1.807) is 18.3 Å². The van der Waals surface area contributed by atoms with Crippen LogP contribution in [0.15, 0.2) is 83.9 Å². The Morgan fingerprint density at radius 1 is 0.976 bits per heavy atom. The molecule has 41 heavy (non-hydrogen) atoms. The van der Waals surface area contributed by atoms with Gasteiger partial charge in [-0.05, 0) is 48.7 Å². The normalized spacial score (nSPS) is 13.1. The van der Waals surface area contributed by atoms with Crippen molar-refractivity contribution >= 4 is 50.8 Å². The van der Waals surface area contributed by atoms with Gasteiger partial charge in [-0.3, -0.25) is 19.4 Å². The number of carbonyl (C=O) groups excluding carboxylic acids is 3. The molecule has 4 aromatic rings. The van der Waals surface area contributed by atoms with Crippen LogP contribution in [0.3, 0.4) is 0 Å². The average molecular weight is 617 g/mol. The van der Waals surface area contributed by atoms with Crippen LogP contribution in [0.25, 0.3) is 10.9 Å². The summed E-state index contributed by atoms with van der Waals surface area (Å²) < 4.78 is 10.4. The Labute approximate surface area is 246 Å². The van der Waals surface area contributed by atoms with E-state index in [9.17, 15) is 14.4 Å². The number of fused-ring (bicyclic) bond motifs is 2. The van der Waals surface area contributed by atoms with Crippen molar-refractivity contribution in [1.82, 2.24) is 4.98 Å². The molecular weight excluding hydrogens is 586 g/mol. The number of aliphatic imine (C=N–C) groups is 1. The third kappa shape index (κ3) is 7.64. The fraction of sp³-hybridized carbons (Fsp3) is 0.219. The van der Waals surface area contributed by atoms with Gasteiger partial charge in [0.15, 0.2) is 0 Å². The van der Waals surface area contributed by atoms with Crippen LogP contribution in [-0.4, -0.2) is 36.1 Å². The first-order valence-electron chi connectivity index (χ1n) is 13.1. The number of hydrogen-bond acceptors (Lipinski definition) is 6. The minimum absolute atomic E-state index is 0.138. The predicted octanol–water partition coefficient (Wildman–Crippen LogP) is 6.05. The lowest BCUT2D eigenvalue weighted by atomic mass is 9.97. The van der Waals surface area contributed by atoms with E-state index in [1.807, 2.05) is 42.5 Å². The zero-order valence-electron chi connectivity index (χ0n) is 22.7. The summed E-state index contributed by atoms with van der Waals surface area (Å²) in [7, 11) is 1.32. The molecule has 0 saturated carbocycles. The molecule has 0 aliphatic carbocycles. The van der Waals surface area contributed by atoms with Crippen molar-refractivity contribution in [2.45, 2.75) is 37.1 Å². The number of nitrogens with two attached hydrogens (primary N) is 1. The third-order valence-corrected chi connectivity index (χ3v) is 7.15. The number of amides is 2. The van der Waals surface area contributed by atoms with Gasteiger partial charge in [0.25, 0.3) is 5.91 Å². The van der Waals surface area contributed by atoms with Crippen molar-refractivity contribution in [2.75, 3.05) is 7.11 Å². The maximum absolute atomic E-state index is 11.6. The highest BCUT2D eigenvalue weighted by molar-refractivity contribution is 9.09. The van der Waals surface area contributed by atoms with Gasteiger partial charge in [-0.25, -0.2) is 4.99 Å². The Balaban J connectivity index is 0.000000189. The quantitative estimate of drug-likeness (QED) is 0.181. The second-order valence-corrected chi connectivity index (χ2v) is 10.8. The number of pyridine rings is 1. The van der Waals surface area contributed by atoms with Crippen molar-refractivity contribution in [3.05, 3.63) is 107 Å². The number of methoxy groups -OCH3 is 1. The smallest absolute Gasteiger partial charge is 0.305 e. The van der Waals surface area contributed by atoms with Crippen LogP contribution < -0.4 is 10.5 Å². The second-order valence-electron chi connectivity index (χ2n) is 9.43. The maximum atomic E-state index is 11.6. The first-order chi connectivity index (χ1) is 19.8. The lowest BCUT2D eigenvalue weighted by Gasteiger charge is -2.12. The highest BCUT2D eigenvalue weighted by Gasteiger charge is 2.21. The Morgan fingerprint density at radius 2 is 1.73 bits per heavy atom. The molecule has 1 aromatic heterocycles. The van der Waals surface area contributed by atoms with Crippen LogP contribution >= 0.6 is 15.9 Å². The summed E-state index contributed by atoms with van der Waals surface area (Å²) in [6, 6.07) is 25.0. The maximum Gasteiger partial charge on any atom is 0.305 e. The number of nitrogens with zero attached hydrogens (tertiary/aromatic N) is 2. The van der Waals surface area contributed by atoms with Gasteiger partial charge in [0.05, 0.1) is 29.8 Å². The minimum atomic E-state index is -0.585. The fourth-order valence-corrected chi connectivity index (χ4v) is 4.60. The molecule has 0 bridgehead atoms. The molecule has 0 radical (unpaired) electrons. The molecule has 5 rings (SSSR count). The summed E-state index contributed by atoms with van der Waals surface area (Å²) >= 11 is 3.54. The molecule has 8 nitrogen and oxygen atoms in total. The number of carbonyl (C=O) groups is 3. The molecule has 2 unspecified atom stereocenters. The van der Waals surface area contributed by atoms with E-state index in [-0.39, 0.29) is 18.3 Å². The lowest BCUT2D eigenvalue weighted by Crippen LogP contribution is -2.23. The molecule has 0 fully saturated rings. The molecule has 1 aliphatic heterocycles. The monoisotopic (exact) mass is 615 g/mol. The number of benzene rings is 3. The van der Waals surface area contributed by atoms with Crippen LogP contribution in [0.1, 0.15) is 63.3 Å². The number of ether oxygens (including phenoxy) is 2. The van der Waals surface area contributed by atoms with Crippen molar-refractivity contribution in [2.24, 2.45) is 10.7 Å². The first kappa shape index (κ1) is 29.6.